The first-order valence-electron chi connectivity index (χ1n) is 18.2. The summed E-state index contributed by atoms with van der Waals surface area (Å²) in [5, 5.41) is 23.3. The van der Waals surface area contributed by atoms with Crippen LogP contribution in [0.1, 0.15) is 30.9 Å². The van der Waals surface area contributed by atoms with Crippen LogP contribution in [0, 0.1) is 23.2 Å². The summed E-state index contributed by atoms with van der Waals surface area (Å²) in [6, 6.07) is 47.9. The Hall–Kier alpha value is -7.16. The van der Waals surface area contributed by atoms with Crippen molar-refractivity contribution in [2.45, 2.75) is 19.8 Å². The van der Waals surface area contributed by atoms with Crippen molar-refractivity contribution in [3.05, 3.63) is 199 Å². The standard InChI is InChI=1S/C49H39N5/c1-3-5-20-37(4-2)53(48(50)35-18-8-6-9-19-35)49(51)36-31-33-39(34-32-36)52(38-21-10-7-11-22-38)44-29-16-26-43-42(44)25-17-30-47(43)54-45-27-14-12-23-40(45)41-24-13-15-28-46(41)54/h1,4-6,8-10,12-34,50-51H,7,11H2,2H3/b20-5-,37-4+,50-48?,51-49?. The lowest BCUT2D eigenvalue weighted by Gasteiger charge is -2.30. The highest BCUT2D eigenvalue weighted by Gasteiger charge is 2.23. The van der Waals surface area contributed by atoms with Gasteiger partial charge in [-0.05, 0) is 86.5 Å². The number of amidine groups is 2. The number of terminal acetylenes is 1. The molecule has 5 heteroatoms. The summed E-state index contributed by atoms with van der Waals surface area (Å²) in [6.07, 6.45) is 19.5. The Balaban J connectivity index is 1.24. The van der Waals surface area contributed by atoms with Crippen molar-refractivity contribution >= 4 is 55.6 Å². The molecule has 1 heterocycles. The molecule has 0 spiro atoms. The van der Waals surface area contributed by atoms with Crippen molar-refractivity contribution in [1.29, 1.82) is 10.8 Å². The van der Waals surface area contributed by atoms with Gasteiger partial charge in [-0.15, -0.1) is 6.42 Å². The van der Waals surface area contributed by atoms with E-state index in [4.69, 9.17) is 11.8 Å². The molecule has 54 heavy (non-hydrogen) atoms. The minimum atomic E-state index is 0.175. The fraction of sp³-hybridized carbons (Fsp3) is 0.0612. The summed E-state index contributed by atoms with van der Waals surface area (Å²) < 4.78 is 2.39. The molecule has 1 aliphatic carbocycles. The summed E-state index contributed by atoms with van der Waals surface area (Å²) in [5.74, 6) is 2.91. The number of allylic oxidation sites excluding steroid dienone is 6. The first kappa shape index (κ1) is 34.0. The minimum absolute atomic E-state index is 0.175. The number of hydrogen-bond donors (Lipinski definition) is 2. The van der Waals surface area contributed by atoms with E-state index in [0.29, 0.717) is 16.8 Å². The summed E-state index contributed by atoms with van der Waals surface area (Å²) in [7, 11) is 0. The van der Waals surface area contributed by atoms with Crippen molar-refractivity contribution in [3.63, 3.8) is 0 Å². The average Bonchev–Trinajstić information content (AvgIpc) is 3.57. The molecule has 0 saturated carbocycles. The van der Waals surface area contributed by atoms with Gasteiger partial charge in [0.1, 0.15) is 11.7 Å². The molecule has 6 aromatic carbocycles. The maximum absolute atomic E-state index is 9.41. The quantitative estimate of drug-likeness (QED) is 0.0719. The lowest BCUT2D eigenvalue weighted by atomic mass is 10.0. The molecule has 5 nitrogen and oxygen atoms in total. The number of benzene rings is 6. The summed E-state index contributed by atoms with van der Waals surface area (Å²) in [6.45, 7) is 1.89. The largest absolute Gasteiger partial charge is 0.310 e. The van der Waals surface area contributed by atoms with E-state index in [2.05, 4.69) is 131 Å². The lowest BCUT2D eigenvalue weighted by molar-refractivity contribution is 0.761. The normalized spacial score (nSPS) is 13.0. The number of aromatic nitrogens is 1. The number of fused-ring (bicyclic) bond motifs is 4. The third kappa shape index (κ3) is 6.10. The Kier molecular flexibility index (Phi) is 9.32. The van der Waals surface area contributed by atoms with E-state index in [1.807, 2.05) is 55.5 Å². The van der Waals surface area contributed by atoms with Crippen LogP contribution in [-0.4, -0.2) is 21.1 Å². The van der Waals surface area contributed by atoms with Gasteiger partial charge >= 0.3 is 0 Å². The number of nitrogens with zero attached hydrogens (tertiary/aromatic N) is 3. The third-order valence-electron chi connectivity index (χ3n) is 9.97. The van der Waals surface area contributed by atoms with Crippen molar-refractivity contribution < 1.29 is 0 Å². The monoisotopic (exact) mass is 697 g/mol. The molecule has 260 valence electrons. The van der Waals surface area contributed by atoms with Crippen molar-refractivity contribution in [3.8, 4) is 18.0 Å². The van der Waals surface area contributed by atoms with Gasteiger partial charge in [0.05, 0.1) is 22.4 Å². The molecule has 7 aromatic rings. The molecule has 0 bridgehead atoms. The zero-order valence-corrected chi connectivity index (χ0v) is 30.1. The second-order valence-electron chi connectivity index (χ2n) is 13.1. The molecule has 0 amide bonds. The molecular weight excluding hydrogens is 659 g/mol. The van der Waals surface area contributed by atoms with E-state index < -0.39 is 0 Å². The van der Waals surface area contributed by atoms with Crippen molar-refractivity contribution in [2.24, 2.45) is 0 Å². The van der Waals surface area contributed by atoms with Crippen LogP contribution in [-0.2, 0) is 0 Å². The van der Waals surface area contributed by atoms with Crippen LogP contribution in [0.5, 0.6) is 0 Å². The molecule has 1 aliphatic rings. The number of nitrogens with one attached hydrogen (secondary N) is 2. The molecule has 0 unspecified atom stereocenters. The Morgan fingerprint density at radius 2 is 1.28 bits per heavy atom. The minimum Gasteiger partial charge on any atom is -0.310 e. The fourth-order valence-corrected chi connectivity index (χ4v) is 7.47. The van der Waals surface area contributed by atoms with Gasteiger partial charge in [-0.2, -0.15) is 0 Å². The number of anilines is 2. The van der Waals surface area contributed by atoms with Gasteiger partial charge in [-0.3, -0.25) is 15.7 Å². The smallest absolute Gasteiger partial charge is 0.138 e. The summed E-state index contributed by atoms with van der Waals surface area (Å²) in [5.41, 5.74) is 8.64. The van der Waals surface area contributed by atoms with E-state index in [0.717, 1.165) is 46.4 Å². The van der Waals surface area contributed by atoms with Gasteiger partial charge in [0.25, 0.3) is 0 Å². The van der Waals surface area contributed by atoms with Gasteiger partial charge in [0.2, 0.25) is 0 Å². The molecule has 0 atom stereocenters. The Bertz CT molecular complexity index is 2660. The Morgan fingerprint density at radius 3 is 1.93 bits per heavy atom. The van der Waals surface area contributed by atoms with Gasteiger partial charge in [-0.1, -0.05) is 115 Å². The number of rotatable bonds is 8. The van der Waals surface area contributed by atoms with Crippen LogP contribution in [0.2, 0.25) is 0 Å². The van der Waals surface area contributed by atoms with E-state index in [1.54, 1.807) is 17.1 Å². The topological polar surface area (TPSA) is 59.1 Å². The van der Waals surface area contributed by atoms with Crippen molar-refractivity contribution in [1.82, 2.24) is 9.47 Å². The molecule has 1 aromatic heterocycles. The average molecular weight is 698 g/mol. The molecule has 0 fully saturated rings. The summed E-state index contributed by atoms with van der Waals surface area (Å²) in [4.78, 5) is 3.95. The van der Waals surface area contributed by atoms with Crippen molar-refractivity contribution in [2.75, 3.05) is 4.90 Å². The van der Waals surface area contributed by atoms with Crippen LogP contribution in [0.3, 0.4) is 0 Å². The molecular formula is C49H39N5. The Morgan fingerprint density at radius 1 is 0.667 bits per heavy atom. The number of hydrogen-bond acceptors (Lipinski definition) is 3. The Labute approximate surface area is 316 Å². The van der Waals surface area contributed by atoms with E-state index in [9.17, 15) is 5.41 Å². The lowest BCUT2D eigenvalue weighted by Crippen LogP contribution is -2.36. The predicted molar refractivity (Wildman–Crippen MR) is 227 cm³/mol. The van der Waals surface area contributed by atoms with Gasteiger partial charge in [-0.25, -0.2) is 0 Å². The van der Waals surface area contributed by atoms with E-state index >= 15 is 0 Å². The second-order valence-corrected chi connectivity index (χ2v) is 13.1. The second kappa shape index (κ2) is 14.8. The first-order valence-corrected chi connectivity index (χ1v) is 18.2. The highest BCUT2D eigenvalue weighted by atomic mass is 15.2. The highest BCUT2D eigenvalue weighted by molar-refractivity contribution is 6.14. The maximum atomic E-state index is 9.41. The van der Waals surface area contributed by atoms with Crippen LogP contribution < -0.4 is 4.90 Å². The zero-order valence-electron chi connectivity index (χ0n) is 30.1. The maximum Gasteiger partial charge on any atom is 0.138 e. The van der Waals surface area contributed by atoms with Gasteiger partial charge in [0, 0.05) is 49.8 Å². The van der Waals surface area contributed by atoms with Crippen LogP contribution in [0.4, 0.5) is 11.4 Å². The van der Waals surface area contributed by atoms with Crippen LogP contribution in [0.15, 0.2) is 187 Å². The fourth-order valence-electron chi connectivity index (χ4n) is 7.47. The van der Waals surface area contributed by atoms with Gasteiger partial charge in [0.15, 0.2) is 0 Å². The van der Waals surface area contributed by atoms with E-state index in [1.165, 1.54) is 21.8 Å². The highest BCUT2D eigenvalue weighted by Crippen LogP contribution is 2.41. The number of para-hydroxylation sites is 2. The van der Waals surface area contributed by atoms with Gasteiger partial charge < -0.3 is 9.47 Å². The SMILES string of the molecule is C#C/C=C\C(=C/C)N(C(=N)c1ccccc1)C(=N)c1ccc(N(C2=CCCC=C2)c2cccc3c(-n4c5ccccc5c5ccccc54)cccc23)cc1. The molecule has 2 N–H and O–H groups in total. The first-order chi connectivity index (χ1) is 26.6. The summed E-state index contributed by atoms with van der Waals surface area (Å²) >= 11 is 0. The van der Waals surface area contributed by atoms with E-state index in [-0.39, 0.29) is 11.7 Å². The molecule has 8 rings (SSSR count). The predicted octanol–water partition coefficient (Wildman–Crippen LogP) is 12.1. The molecule has 0 aliphatic heterocycles. The van der Waals surface area contributed by atoms with Crippen LogP contribution in [0.25, 0.3) is 38.3 Å². The third-order valence-corrected chi connectivity index (χ3v) is 9.97. The molecule has 0 radical (unpaired) electrons. The zero-order chi connectivity index (χ0) is 37.0. The van der Waals surface area contributed by atoms with Crippen LogP contribution >= 0.6 is 0 Å². The molecule has 0 saturated heterocycles.